The predicted octanol–water partition coefficient (Wildman–Crippen LogP) is 4.06. The summed E-state index contributed by atoms with van der Waals surface area (Å²) in [4.78, 5) is 12.9. The molecule has 2 aromatic carbocycles. The smallest absolute Gasteiger partial charge is 0.232 e. The van der Waals surface area contributed by atoms with E-state index in [0.29, 0.717) is 17.3 Å². The van der Waals surface area contributed by atoms with Crippen LogP contribution >= 0.6 is 11.8 Å². The van der Waals surface area contributed by atoms with Crippen molar-refractivity contribution in [2.75, 3.05) is 11.1 Å². The molecule has 1 aromatic heterocycles. The molecule has 0 aliphatic carbocycles. The minimum Gasteiger partial charge on any atom is -0.368 e. The van der Waals surface area contributed by atoms with E-state index >= 15 is 0 Å². The van der Waals surface area contributed by atoms with E-state index in [9.17, 15) is 0 Å². The van der Waals surface area contributed by atoms with Gasteiger partial charge in [0.15, 0.2) is 0 Å². The first kappa shape index (κ1) is 17.7. The maximum absolute atomic E-state index is 8.86. The van der Waals surface area contributed by atoms with Gasteiger partial charge in [-0.05, 0) is 36.8 Å². The van der Waals surface area contributed by atoms with E-state index in [1.54, 1.807) is 11.8 Å². The second kappa shape index (κ2) is 8.32. The van der Waals surface area contributed by atoms with Crippen molar-refractivity contribution in [1.82, 2.24) is 15.0 Å². The highest BCUT2D eigenvalue weighted by molar-refractivity contribution is 7.98. The van der Waals surface area contributed by atoms with E-state index in [1.807, 2.05) is 61.5 Å². The number of hydrogen-bond donors (Lipinski definition) is 2. The van der Waals surface area contributed by atoms with Crippen LogP contribution in [0.1, 0.15) is 29.1 Å². The zero-order valence-corrected chi connectivity index (χ0v) is 15.1. The molecule has 3 aromatic rings. The lowest BCUT2D eigenvalue weighted by atomic mass is 10.2. The summed E-state index contributed by atoms with van der Waals surface area (Å²) in [6.07, 6.45) is 0. The molecule has 0 saturated heterocycles. The van der Waals surface area contributed by atoms with Gasteiger partial charge in [-0.2, -0.15) is 20.2 Å². The molecule has 130 valence electrons. The summed E-state index contributed by atoms with van der Waals surface area (Å²) in [6.45, 7) is 2.04. The number of para-hydroxylation sites is 1. The fourth-order valence-corrected chi connectivity index (χ4v) is 3.16. The molecule has 1 heterocycles. The number of rotatable bonds is 6. The van der Waals surface area contributed by atoms with Gasteiger partial charge >= 0.3 is 0 Å². The van der Waals surface area contributed by atoms with Crippen LogP contribution in [0.3, 0.4) is 0 Å². The molecule has 0 amide bonds. The number of nitrogens with two attached hydrogens (primary N) is 1. The second-order valence-electron chi connectivity index (χ2n) is 5.63. The molecule has 0 saturated carbocycles. The largest absolute Gasteiger partial charge is 0.368 e. The van der Waals surface area contributed by atoms with Crippen molar-refractivity contribution in [2.45, 2.75) is 17.9 Å². The summed E-state index contributed by atoms with van der Waals surface area (Å²) in [5, 5.41) is 12.1. The molecular weight excluding hydrogens is 344 g/mol. The number of nitrogen functional groups attached to an aromatic ring is 1. The van der Waals surface area contributed by atoms with Crippen LogP contribution in [0.5, 0.6) is 0 Å². The number of nitriles is 1. The Morgan fingerprint density at radius 3 is 2.50 bits per heavy atom. The molecule has 0 spiro atoms. The van der Waals surface area contributed by atoms with Crippen molar-refractivity contribution in [2.24, 2.45) is 0 Å². The Morgan fingerprint density at radius 1 is 1.08 bits per heavy atom. The number of nitrogens with one attached hydrogen (secondary N) is 1. The Balaban J connectivity index is 1.68. The Labute approximate surface area is 156 Å². The summed E-state index contributed by atoms with van der Waals surface area (Å²) < 4.78 is 0. The molecule has 0 aliphatic rings. The second-order valence-corrected chi connectivity index (χ2v) is 6.96. The molecule has 0 radical (unpaired) electrons. The summed E-state index contributed by atoms with van der Waals surface area (Å²) in [6, 6.07) is 19.4. The number of benzene rings is 2. The normalized spacial score (nSPS) is 11.5. The van der Waals surface area contributed by atoms with Gasteiger partial charge in [-0.15, -0.1) is 11.8 Å². The van der Waals surface area contributed by atoms with Gasteiger partial charge in [0.1, 0.15) is 5.82 Å². The van der Waals surface area contributed by atoms with E-state index in [0.717, 1.165) is 17.0 Å². The van der Waals surface area contributed by atoms with E-state index in [2.05, 4.69) is 26.3 Å². The molecule has 1 atom stereocenters. The van der Waals surface area contributed by atoms with Crippen LogP contribution in [0.15, 0.2) is 54.6 Å². The van der Waals surface area contributed by atoms with Crippen molar-refractivity contribution in [1.29, 1.82) is 5.26 Å². The molecule has 0 unspecified atom stereocenters. The van der Waals surface area contributed by atoms with E-state index in [4.69, 9.17) is 11.0 Å². The van der Waals surface area contributed by atoms with Crippen molar-refractivity contribution < 1.29 is 0 Å². The molecule has 7 heteroatoms. The van der Waals surface area contributed by atoms with Gasteiger partial charge in [0, 0.05) is 11.4 Å². The first-order chi connectivity index (χ1) is 12.6. The van der Waals surface area contributed by atoms with Crippen LogP contribution in [0.4, 0.5) is 17.6 Å². The summed E-state index contributed by atoms with van der Waals surface area (Å²) in [7, 11) is 0. The average molecular weight is 362 g/mol. The lowest BCUT2D eigenvalue weighted by molar-refractivity contribution is 0.896. The van der Waals surface area contributed by atoms with Crippen LogP contribution in [-0.2, 0) is 5.75 Å². The summed E-state index contributed by atoms with van der Waals surface area (Å²) in [5.41, 5.74) is 8.54. The van der Waals surface area contributed by atoms with Crippen molar-refractivity contribution in [3.05, 3.63) is 71.5 Å². The van der Waals surface area contributed by atoms with E-state index in [1.165, 1.54) is 0 Å². The number of aromatic nitrogens is 3. The topological polar surface area (TPSA) is 101 Å². The zero-order chi connectivity index (χ0) is 18.4. The fourth-order valence-electron chi connectivity index (χ4n) is 2.27. The Hall–Kier alpha value is -3.11. The van der Waals surface area contributed by atoms with Crippen LogP contribution in [-0.4, -0.2) is 15.0 Å². The molecule has 26 heavy (non-hydrogen) atoms. The molecule has 0 bridgehead atoms. The molecule has 0 aliphatic heterocycles. The Bertz CT molecular complexity index is 906. The maximum Gasteiger partial charge on any atom is 0.232 e. The predicted molar refractivity (Wildman–Crippen MR) is 105 cm³/mol. The lowest BCUT2D eigenvalue weighted by Crippen LogP contribution is -2.08. The van der Waals surface area contributed by atoms with Gasteiger partial charge in [0.05, 0.1) is 16.9 Å². The van der Waals surface area contributed by atoms with Crippen molar-refractivity contribution in [3.63, 3.8) is 0 Å². The maximum atomic E-state index is 8.86. The highest BCUT2D eigenvalue weighted by atomic mass is 32.2. The molecule has 3 N–H and O–H groups in total. The van der Waals surface area contributed by atoms with Gasteiger partial charge < -0.3 is 11.1 Å². The number of nitrogens with zero attached hydrogens (tertiary/aromatic N) is 4. The van der Waals surface area contributed by atoms with Crippen LogP contribution in [0.25, 0.3) is 0 Å². The van der Waals surface area contributed by atoms with Crippen LogP contribution in [0, 0.1) is 11.3 Å². The highest BCUT2D eigenvalue weighted by Crippen LogP contribution is 2.29. The first-order valence-electron chi connectivity index (χ1n) is 8.08. The first-order valence-corrected chi connectivity index (χ1v) is 9.13. The average Bonchev–Trinajstić information content (AvgIpc) is 2.67. The fraction of sp³-hybridized carbons (Fsp3) is 0.158. The monoisotopic (exact) mass is 362 g/mol. The number of thioether (sulfide) groups is 1. The third-order valence-electron chi connectivity index (χ3n) is 3.65. The molecule has 6 nitrogen and oxygen atoms in total. The zero-order valence-electron chi connectivity index (χ0n) is 14.3. The third kappa shape index (κ3) is 4.71. The van der Waals surface area contributed by atoms with Crippen LogP contribution < -0.4 is 11.1 Å². The summed E-state index contributed by atoms with van der Waals surface area (Å²) >= 11 is 1.70. The van der Waals surface area contributed by atoms with Crippen molar-refractivity contribution >= 4 is 29.3 Å². The van der Waals surface area contributed by atoms with Gasteiger partial charge in [-0.25, -0.2) is 0 Å². The lowest BCUT2D eigenvalue weighted by Gasteiger charge is -2.12. The minimum absolute atomic E-state index is 0.0484. The van der Waals surface area contributed by atoms with Crippen LogP contribution in [0.2, 0.25) is 0 Å². The summed E-state index contributed by atoms with van der Waals surface area (Å²) in [5.74, 6) is 2.05. The van der Waals surface area contributed by atoms with Gasteiger partial charge in [-0.1, -0.05) is 30.3 Å². The Kier molecular flexibility index (Phi) is 5.66. The molecule has 0 fully saturated rings. The SMILES string of the molecule is C[C@@H](SCc1ccc(C#N)cc1)c1nc(N)nc(Nc2ccccc2)n1. The van der Waals surface area contributed by atoms with E-state index in [-0.39, 0.29) is 11.2 Å². The highest BCUT2D eigenvalue weighted by Gasteiger charge is 2.13. The Morgan fingerprint density at radius 2 is 1.81 bits per heavy atom. The van der Waals surface area contributed by atoms with Gasteiger partial charge in [0.25, 0.3) is 0 Å². The number of hydrogen-bond acceptors (Lipinski definition) is 7. The molecule has 3 rings (SSSR count). The van der Waals surface area contributed by atoms with Crippen molar-refractivity contribution in [3.8, 4) is 6.07 Å². The molecular formula is C19H18N6S. The van der Waals surface area contributed by atoms with E-state index < -0.39 is 0 Å². The standard InChI is InChI=1S/C19H18N6S/c1-13(26-12-15-9-7-14(11-20)8-10-15)17-23-18(21)25-19(24-17)22-16-5-3-2-4-6-16/h2-10,13H,12H2,1H3,(H3,21,22,23,24,25)/t13-/m1/s1. The minimum atomic E-state index is 0.0484. The quantitative estimate of drug-likeness (QED) is 0.682. The van der Waals surface area contributed by atoms with Gasteiger partial charge in [-0.3, -0.25) is 0 Å². The van der Waals surface area contributed by atoms with Gasteiger partial charge in [0.2, 0.25) is 11.9 Å². The number of anilines is 3. The third-order valence-corrected chi connectivity index (χ3v) is 4.86.